The Balaban J connectivity index is 2.11. The van der Waals surface area contributed by atoms with Crippen LogP contribution in [0.15, 0.2) is 30.3 Å². The zero-order valence-corrected chi connectivity index (χ0v) is 15.3. The van der Waals surface area contributed by atoms with Gasteiger partial charge in [0.25, 0.3) is 0 Å². The number of nitrogens with two attached hydrogens (primary N) is 1. The van der Waals surface area contributed by atoms with Crippen LogP contribution in [0.2, 0.25) is 0 Å². The Morgan fingerprint density at radius 2 is 1.80 bits per heavy atom. The lowest BCUT2D eigenvalue weighted by molar-refractivity contribution is 0.0303. The average Bonchev–Trinajstić information content (AvgIpc) is 2.52. The van der Waals surface area contributed by atoms with Crippen molar-refractivity contribution in [3.05, 3.63) is 58.7 Å². The van der Waals surface area contributed by atoms with Crippen LogP contribution in [-0.4, -0.2) is 17.2 Å². The SMILES string of the molecule is Cc1cc(-c2ccc(C3=C[C@H](C)O[C@H](C)C3)c(F)c2CN)cc(C)n1. The minimum atomic E-state index is -0.223. The normalized spacial score (nSPS) is 20.5. The molecule has 1 aromatic carbocycles. The van der Waals surface area contributed by atoms with Crippen LogP contribution < -0.4 is 5.73 Å². The lowest BCUT2D eigenvalue weighted by Crippen LogP contribution is -2.21. The van der Waals surface area contributed by atoms with Gasteiger partial charge in [0.2, 0.25) is 0 Å². The van der Waals surface area contributed by atoms with Gasteiger partial charge in [-0.15, -0.1) is 0 Å². The molecule has 1 aliphatic heterocycles. The molecule has 0 aliphatic carbocycles. The minimum Gasteiger partial charge on any atom is -0.371 e. The molecule has 2 N–H and O–H groups in total. The molecule has 25 heavy (non-hydrogen) atoms. The fraction of sp³-hybridized carbons (Fsp3) is 0.381. The summed E-state index contributed by atoms with van der Waals surface area (Å²) in [4.78, 5) is 4.40. The number of ether oxygens (including phenoxy) is 1. The molecule has 2 heterocycles. The van der Waals surface area contributed by atoms with Crippen molar-refractivity contribution in [1.82, 2.24) is 4.98 Å². The molecular weight excluding hydrogens is 315 g/mol. The van der Waals surface area contributed by atoms with Crippen LogP contribution in [0.5, 0.6) is 0 Å². The molecule has 0 amide bonds. The number of hydrogen-bond acceptors (Lipinski definition) is 3. The molecule has 0 spiro atoms. The van der Waals surface area contributed by atoms with Gasteiger partial charge >= 0.3 is 0 Å². The molecular formula is C21H25FN2O. The molecule has 1 aliphatic rings. The third-order valence-electron chi connectivity index (χ3n) is 4.58. The molecule has 2 atom stereocenters. The first-order chi connectivity index (χ1) is 11.9. The van der Waals surface area contributed by atoms with Crippen molar-refractivity contribution in [2.45, 2.75) is 52.9 Å². The first-order valence-electron chi connectivity index (χ1n) is 8.72. The highest BCUT2D eigenvalue weighted by molar-refractivity contribution is 5.75. The minimum absolute atomic E-state index is 0.00958. The molecule has 3 nitrogen and oxygen atoms in total. The average molecular weight is 340 g/mol. The van der Waals surface area contributed by atoms with Crippen molar-refractivity contribution >= 4 is 5.57 Å². The second-order valence-electron chi connectivity index (χ2n) is 6.84. The van der Waals surface area contributed by atoms with E-state index in [-0.39, 0.29) is 24.6 Å². The van der Waals surface area contributed by atoms with Gasteiger partial charge in [0.1, 0.15) is 5.82 Å². The van der Waals surface area contributed by atoms with Gasteiger partial charge < -0.3 is 10.5 Å². The Morgan fingerprint density at radius 1 is 1.16 bits per heavy atom. The Labute approximate surface area is 148 Å². The Kier molecular flexibility index (Phi) is 5.02. The summed E-state index contributed by atoms with van der Waals surface area (Å²) in [5.74, 6) is -0.223. The summed E-state index contributed by atoms with van der Waals surface area (Å²) < 4.78 is 21.0. The molecule has 0 bridgehead atoms. The number of pyridine rings is 1. The van der Waals surface area contributed by atoms with Gasteiger partial charge in [-0.3, -0.25) is 4.98 Å². The van der Waals surface area contributed by atoms with Crippen LogP contribution in [0.3, 0.4) is 0 Å². The van der Waals surface area contributed by atoms with Crippen molar-refractivity contribution in [1.29, 1.82) is 0 Å². The lowest BCUT2D eigenvalue weighted by Gasteiger charge is -2.26. The molecule has 1 aromatic heterocycles. The molecule has 2 aromatic rings. The van der Waals surface area contributed by atoms with Gasteiger partial charge in [0.15, 0.2) is 0 Å². The number of benzene rings is 1. The molecule has 0 unspecified atom stereocenters. The topological polar surface area (TPSA) is 48.1 Å². The molecule has 4 heteroatoms. The van der Waals surface area contributed by atoms with Crippen LogP contribution in [0.25, 0.3) is 16.7 Å². The summed E-state index contributed by atoms with van der Waals surface area (Å²) in [7, 11) is 0. The first-order valence-corrected chi connectivity index (χ1v) is 8.72. The van der Waals surface area contributed by atoms with Crippen molar-refractivity contribution in [3.63, 3.8) is 0 Å². The maximum absolute atomic E-state index is 15.3. The Hall–Kier alpha value is -2.04. The predicted molar refractivity (Wildman–Crippen MR) is 99.6 cm³/mol. The fourth-order valence-corrected chi connectivity index (χ4v) is 3.64. The van der Waals surface area contributed by atoms with Gasteiger partial charge in [0, 0.05) is 29.1 Å². The number of hydrogen-bond donors (Lipinski definition) is 1. The fourth-order valence-electron chi connectivity index (χ4n) is 3.64. The summed E-state index contributed by atoms with van der Waals surface area (Å²) in [6.07, 6.45) is 2.78. The van der Waals surface area contributed by atoms with E-state index in [4.69, 9.17) is 10.5 Å². The smallest absolute Gasteiger partial charge is 0.135 e. The summed E-state index contributed by atoms with van der Waals surface area (Å²) in [6, 6.07) is 7.78. The third-order valence-corrected chi connectivity index (χ3v) is 4.58. The van der Waals surface area contributed by atoms with Crippen LogP contribution in [0.4, 0.5) is 4.39 Å². The number of rotatable bonds is 3. The van der Waals surface area contributed by atoms with Crippen molar-refractivity contribution < 1.29 is 9.13 Å². The summed E-state index contributed by atoms with van der Waals surface area (Å²) >= 11 is 0. The zero-order valence-electron chi connectivity index (χ0n) is 15.3. The molecule has 3 rings (SSSR count). The number of aryl methyl sites for hydroxylation is 2. The molecule has 0 radical (unpaired) electrons. The van der Waals surface area contributed by atoms with Crippen LogP contribution in [0, 0.1) is 19.7 Å². The zero-order chi connectivity index (χ0) is 18.1. The lowest BCUT2D eigenvalue weighted by atomic mass is 9.90. The Morgan fingerprint density at radius 3 is 2.40 bits per heavy atom. The van der Waals surface area contributed by atoms with Gasteiger partial charge in [-0.25, -0.2) is 4.39 Å². The summed E-state index contributed by atoms with van der Waals surface area (Å²) in [6.45, 7) is 8.04. The maximum atomic E-state index is 15.3. The third kappa shape index (κ3) is 3.65. The predicted octanol–water partition coefficient (Wildman–Crippen LogP) is 4.54. The number of aromatic nitrogens is 1. The molecule has 0 saturated heterocycles. The van der Waals surface area contributed by atoms with Gasteiger partial charge in [0.05, 0.1) is 12.2 Å². The van der Waals surface area contributed by atoms with Gasteiger partial charge in [-0.1, -0.05) is 18.2 Å². The van der Waals surface area contributed by atoms with Crippen molar-refractivity contribution in [3.8, 4) is 11.1 Å². The highest BCUT2D eigenvalue weighted by Crippen LogP contribution is 2.34. The van der Waals surface area contributed by atoms with E-state index in [9.17, 15) is 0 Å². The van der Waals surface area contributed by atoms with E-state index in [1.165, 1.54) is 0 Å². The van der Waals surface area contributed by atoms with Crippen LogP contribution in [-0.2, 0) is 11.3 Å². The van der Waals surface area contributed by atoms with Gasteiger partial charge in [-0.2, -0.15) is 0 Å². The number of halogens is 1. The highest BCUT2D eigenvalue weighted by atomic mass is 19.1. The maximum Gasteiger partial charge on any atom is 0.135 e. The van der Waals surface area contributed by atoms with E-state index in [0.29, 0.717) is 17.5 Å². The monoisotopic (exact) mass is 340 g/mol. The summed E-state index contributed by atoms with van der Waals surface area (Å²) in [5, 5.41) is 0. The van der Waals surface area contributed by atoms with Crippen LogP contribution >= 0.6 is 0 Å². The first kappa shape index (κ1) is 17.8. The molecule has 0 saturated carbocycles. The molecule has 0 fully saturated rings. The standard InChI is InChI=1S/C21H25FN2O/c1-12-7-16(8-13(2)24-12)18-5-6-19(21(22)20(18)11-23)17-9-14(3)25-15(4)10-17/h5-9,14-15H,10-11,23H2,1-4H3/t14-,15+/m0/s1. The highest BCUT2D eigenvalue weighted by Gasteiger charge is 2.22. The number of nitrogens with zero attached hydrogens (tertiary/aromatic N) is 1. The second-order valence-corrected chi connectivity index (χ2v) is 6.84. The quantitative estimate of drug-likeness (QED) is 0.892. The van der Waals surface area contributed by atoms with Crippen molar-refractivity contribution in [2.75, 3.05) is 0 Å². The van der Waals surface area contributed by atoms with E-state index in [1.807, 2.05) is 58.0 Å². The second kappa shape index (κ2) is 7.06. The largest absolute Gasteiger partial charge is 0.371 e. The molecule has 132 valence electrons. The van der Waals surface area contributed by atoms with Gasteiger partial charge in [-0.05, 0) is 62.9 Å². The van der Waals surface area contributed by atoms with E-state index < -0.39 is 0 Å². The van der Waals surface area contributed by atoms with Crippen molar-refractivity contribution in [2.24, 2.45) is 5.73 Å². The van der Waals surface area contributed by atoms with E-state index in [1.54, 1.807) is 0 Å². The summed E-state index contributed by atoms with van der Waals surface area (Å²) in [5.41, 5.74) is 11.7. The van der Waals surface area contributed by atoms with Crippen LogP contribution in [0.1, 0.15) is 42.8 Å². The van der Waals surface area contributed by atoms with E-state index in [2.05, 4.69) is 4.98 Å². The Bertz CT molecular complexity index is 809. The van der Waals surface area contributed by atoms with E-state index >= 15 is 4.39 Å². The van der Waals surface area contributed by atoms with E-state index in [0.717, 1.165) is 28.1 Å².